The molecule has 0 unspecified atom stereocenters. The highest BCUT2D eigenvalue weighted by Crippen LogP contribution is 2.41. The van der Waals surface area contributed by atoms with Gasteiger partial charge in [-0.2, -0.15) is 0 Å². The van der Waals surface area contributed by atoms with Crippen LogP contribution in [0, 0.1) is 0 Å². The molecule has 0 radical (unpaired) electrons. The summed E-state index contributed by atoms with van der Waals surface area (Å²) in [5, 5.41) is 2.69. The van der Waals surface area contributed by atoms with Gasteiger partial charge in [0.2, 0.25) is 0 Å². The maximum Gasteiger partial charge on any atom is 0.0115 e. The van der Waals surface area contributed by atoms with E-state index in [1.54, 1.807) is 0 Å². The van der Waals surface area contributed by atoms with Crippen molar-refractivity contribution in [3.05, 3.63) is 48.0 Å². The summed E-state index contributed by atoms with van der Waals surface area (Å²) < 4.78 is 0. The van der Waals surface area contributed by atoms with Crippen LogP contribution in [-0.4, -0.2) is 6.04 Å². The summed E-state index contributed by atoms with van der Waals surface area (Å²) in [6.45, 7) is 0. The van der Waals surface area contributed by atoms with Crippen LogP contribution < -0.4 is 5.73 Å². The fourth-order valence-corrected chi connectivity index (χ4v) is 2.15. The number of fused-ring (bicyclic) bond motifs is 1. The summed E-state index contributed by atoms with van der Waals surface area (Å²) in [6, 6.07) is 15.4. The molecule has 0 amide bonds. The highest BCUT2D eigenvalue weighted by atomic mass is 14.7. The van der Waals surface area contributed by atoms with Crippen molar-refractivity contribution in [1.82, 2.24) is 0 Å². The smallest absolute Gasteiger partial charge is 0.0115 e. The van der Waals surface area contributed by atoms with Crippen molar-refractivity contribution in [3.8, 4) is 0 Å². The summed E-state index contributed by atoms with van der Waals surface area (Å²) >= 11 is 0. The molecule has 1 aliphatic carbocycles. The third-order valence-electron chi connectivity index (χ3n) is 3.06. The molecule has 3 rings (SSSR count). The molecule has 0 spiro atoms. The quantitative estimate of drug-likeness (QED) is 0.722. The fraction of sp³-hybridized carbons (Fsp3) is 0.231. The lowest BCUT2D eigenvalue weighted by molar-refractivity contribution is 0.998. The Morgan fingerprint density at radius 3 is 2.50 bits per heavy atom. The third kappa shape index (κ3) is 1.13. The van der Waals surface area contributed by atoms with Crippen LogP contribution in [0.4, 0.5) is 0 Å². The molecule has 0 saturated heterocycles. The second kappa shape index (κ2) is 2.82. The highest BCUT2D eigenvalue weighted by molar-refractivity contribution is 5.86. The van der Waals surface area contributed by atoms with E-state index in [-0.39, 0.29) is 0 Å². The Morgan fingerprint density at radius 2 is 1.71 bits per heavy atom. The van der Waals surface area contributed by atoms with Gasteiger partial charge in [0.05, 0.1) is 0 Å². The predicted octanol–water partition coefficient (Wildman–Crippen LogP) is 2.65. The summed E-state index contributed by atoms with van der Waals surface area (Å²) in [4.78, 5) is 0. The molecule has 2 aromatic carbocycles. The van der Waals surface area contributed by atoms with Gasteiger partial charge in [-0.15, -0.1) is 0 Å². The number of rotatable bonds is 1. The Kier molecular flexibility index (Phi) is 1.62. The van der Waals surface area contributed by atoms with Crippen molar-refractivity contribution < 1.29 is 0 Å². The van der Waals surface area contributed by atoms with E-state index in [0.29, 0.717) is 12.0 Å². The van der Waals surface area contributed by atoms with Crippen LogP contribution in [0.5, 0.6) is 0 Å². The molecule has 1 nitrogen and oxygen atoms in total. The Morgan fingerprint density at radius 1 is 1.00 bits per heavy atom. The minimum absolute atomic E-state index is 0.390. The van der Waals surface area contributed by atoms with E-state index in [4.69, 9.17) is 5.73 Å². The van der Waals surface area contributed by atoms with Crippen molar-refractivity contribution in [2.24, 2.45) is 5.73 Å². The van der Waals surface area contributed by atoms with Crippen molar-refractivity contribution >= 4 is 10.8 Å². The van der Waals surface area contributed by atoms with Crippen LogP contribution in [0.25, 0.3) is 10.8 Å². The van der Waals surface area contributed by atoms with E-state index >= 15 is 0 Å². The lowest BCUT2D eigenvalue weighted by Gasteiger charge is -2.04. The molecule has 1 saturated carbocycles. The lowest BCUT2D eigenvalue weighted by Crippen LogP contribution is -2.01. The van der Waals surface area contributed by atoms with Gasteiger partial charge in [0.25, 0.3) is 0 Å². The summed E-state index contributed by atoms with van der Waals surface area (Å²) in [5.41, 5.74) is 7.32. The summed E-state index contributed by atoms with van der Waals surface area (Å²) in [6.07, 6.45) is 1.15. The van der Waals surface area contributed by atoms with Crippen LogP contribution >= 0.6 is 0 Å². The van der Waals surface area contributed by atoms with Crippen molar-refractivity contribution in [2.45, 2.75) is 18.4 Å². The van der Waals surface area contributed by atoms with E-state index in [0.717, 1.165) is 6.42 Å². The Labute approximate surface area is 83.5 Å². The maximum absolute atomic E-state index is 5.89. The van der Waals surface area contributed by atoms with Gasteiger partial charge in [0.1, 0.15) is 0 Å². The minimum atomic E-state index is 0.390. The monoisotopic (exact) mass is 183 g/mol. The van der Waals surface area contributed by atoms with Crippen molar-refractivity contribution in [3.63, 3.8) is 0 Å². The first kappa shape index (κ1) is 8.01. The molecule has 1 heteroatoms. The lowest BCUT2D eigenvalue weighted by atomic mass is 10.0. The Bertz CT molecular complexity index is 470. The first-order valence-electron chi connectivity index (χ1n) is 5.09. The molecule has 2 N–H and O–H groups in total. The predicted molar refractivity (Wildman–Crippen MR) is 59.3 cm³/mol. The van der Waals surface area contributed by atoms with Gasteiger partial charge in [0, 0.05) is 12.0 Å². The molecule has 0 bridgehead atoms. The zero-order valence-electron chi connectivity index (χ0n) is 7.98. The second-order valence-corrected chi connectivity index (χ2v) is 4.07. The number of nitrogens with two attached hydrogens (primary N) is 1. The van der Waals surface area contributed by atoms with Crippen LogP contribution in [0.1, 0.15) is 17.9 Å². The van der Waals surface area contributed by atoms with Gasteiger partial charge in [-0.05, 0) is 22.8 Å². The van der Waals surface area contributed by atoms with Crippen LogP contribution in [-0.2, 0) is 0 Å². The second-order valence-electron chi connectivity index (χ2n) is 4.07. The zero-order chi connectivity index (χ0) is 9.54. The zero-order valence-corrected chi connectivity index (χ0v) is 7.98. The SMILES string of the molecule is N[C@H]1C[C@@H]1c1cccc2ccccc12. The molecular weight excluding hydrogens is 170 g/mol. The fourth-order valence-electron chi connectivity index (χ4n) is 2.15. The first-order chi connectivity index (χ1) is 6.86. The van der Waals surface area contributed by atoms with Crippen LogP contribution in [0.3, 0.4) is 0 Å². The Hall–Kier alpha value is -1.34. The number of benzene rings is 2. The van der Waals surface area contributed by atoms with Gasteiger partial charge < -0.3 is 5.73 Å². The molecular formula is C13H13N. The van der Waals surface area contributed by atoms with Gasteiger partial charge in [-0.1, -0.05) is 42.5 Å². The molecule has 1 aliphatic rings. The molecule has 70 valence electrons. The molecule has 2 aromatic rings. The number of hydrogen-bond acceptors (Lipinski definition) is 1. The molecule has 0 aliphatic heterocycles. The third-order valence-corrected chi connectivity index (χ3v) is 3.06. The normalized spacial score (nSPS) is 25.2. The molecule has 0 heterocycles. The average Bonchev–Trinajstić information content (AvgIpc) is 2.95. The van der Waals surface area contributed by atoms with E-state index < -0.39 is 0 Å². The van der Waals surface area contributed by atoms with Crippen molar-refractivity contribution in [1.29, 1.82) is 0 Å². The van der Waals surface area contributed by atoms with E-state index in [9.17, 15) is 0 Å². The summed E-state index contributed by atoms with van der Waals surface area (Å²) in [7, 11) is 0. The summed E-state index contributed by atoms with van der Waals surface area (Å²) in [5.74, 6) is 0.598. The molecule has 1 fully saturated rings. The molecule has 14 heavy (non-hydrogen) atoms. The van der Waals surface area contributed by atoms with Crippen molar-refractivity contribution in [2.75, 3.05) is 0 Å². The number of hydrogen-bond donors (Lipinski definition) is 1. The van der Waals surface area contributed by atoms with Gasteiger partial charge in [0.15, 0.2) is 0 Å². The first-order valence-corrected chi connectivity index (χ1v) is 5.09. The van der Waals surface area contributed by atoms with E-state index in [2.05, 4.69) is 42.5 Å². The average molecular weight is 183 g/mol. The van der Waals surface area contributed by atoms with Gasteiger partial charge >= 0.3 is 0 Å². The molecule has 0 aromatic heterocycles. The van der Waals surface area contributed by atoms with Gasteiger partial charge in [-0.25, -0.2) is 0 Å². The Balaban J connectivity index is 2.23. The topological polar surface area (TPSA) is 26.0 Å². The molecule has 2 atom stereocenters. The van der Waals surface area contributed by atoms with E-state index in [1.165, 1.54) is 16.3 Å². The largest absolute Gasteiger partial charge is 0.327 e. The minimum Gasteiger partial charge on any atom is -0.327 e. The van der Waals surface area contributed by atoms with E-state index in [1.807, 2.05) is 0 Å². The van der Waals surface area contributed by atoms with Crippen LogP contribution in [0.15, 0.2) is 42.5 Å². The van der Waals surface area contributed by atoms with Crippen LogP contribution in [0.2, 0.25) is 0 Å². The van der Waals surface area contributed by atoms with Gasteiger partial charge in [-0.3, -0.25) is 0 Å². The standard InChI is InChI=1S/C13H13N/c14-13-8-12(13)11-7-3-5-9-4-1-2-6-10(9)11/h1-7,12-13H,8,14H2/t12-,13+/m1/s1. The highest BCUT2D eigenvalue weighted by Gasteiger charge is 2.35. The maximum atomic E-state index is 5.89.